The van der Waals surface area contributed by atoms with Crippen molar-refractivity contribution >= 4 is 30.3 Å². The number of nitrogens with zero attached hydrogens (tertiary/aromatic N) is 3. The topological polar surface area (TPSA) is 117 Å². The number of rotatable bonds is 11. The maximum Gasteiger partial charge on any atom is 0.443 e. The number of methoxy groups -OCH3 is 1. The van der Waals surface area contributed by atoms with Gasteiger partial charge in [0.05, 0.1) is 13.2 Å². The molecule has 1 aliphatic heterocycles. The van der Waals surface area contributed by atoms with Crippen molar-refractivity contribution in [1.82, 2.24) is 9.29 Å². The average Bonchev–Trinajstić information content (AvgIpc) is 3.32. The van der Waals surface area contributed by atoms with Crippen molar-refractivity contribution in [3.05, 3.63) is 17.8 Å². The smallest absolute Gasteiger partial charge is 0.443 e. The summed E-state index contributed by atoms with van der Waals surface area (Å²) < 4.78 is 43.3. The van der Waals surface area contributed by atoms with Gasteiger partial charge in [-0.25, -0.2) is 14.0 Å². The van der Waals surface area contributed by atoms with Gasteiger partial charge in [0, 0.05) is 18.8 Å². The molecule has 1 amide bonds. The molecule has 2 heterocycles. The van der Waals surface area contributed by atoms with Gasteiger partial charge in [-0.05, 0) is 97.0 Å². The Balaban J connectivity index is 2.34. The molecule has 41 heavy (non-hydrogen) atoms. The molecule has 1 aromatic heterocycles. The van der Waals surface area contributed by atoms with Crippen LogP contribution in [0.4, 0.5) is 4.79 Å². The highest BCUT2D eigenvalue weighted by atomic mass is 32.2. The third-order valence-electron chi connectivity index (χ3n) is 7.42. The Kier molecular flexibility index (Phi) is 12.0. The quantitative estimate of drug-likeness (QED) is 0.154. The van der Waals surface area contributed by atoms with Crippen LogP contribution in [-0.2, 0) is 28.6 Å². The lowest BCUT2D eigenvalue weighted by atomic mass is 10.2. The molecule has 1 aromatic rings. The second-order valence-corrected chi connectivity index (χ2v) is 20.1. The van der Waals surface area contributed by atoms with Crippen molar-refractivity contribution in [3.63, 3.8) is 0 Å². The van der Waals surface area contributed by atoms with Crippen molar-refractivity contribution in [2.24, 2.45) is 4.36 Å². The van der Waals surface area contributed by atoms with Crippen LogP contribution in [-0.4, -0.2) is 71.9 Å². The van der Waals surface area contributed by atoms with Gasteiger partial charge in [0.1, 0.15) is 16.5 Å². The number of ether oxygens (including phenoxy) is 3. The maximum absolute atomic E-state index is 14.8. The Morgan fingerprint density at radius 2 is 1.83 bits per heavy atom. The van der Waals surface area contributed by atoms with Crippen LogP contribution >= 0.6 is 0 Å². The summed E-state index contributed by atoms with van der Waals surface area (Å²) in [4.78, 5) is 30.2. The number of hydrogen-bond acceptors (Lipinski definition) is 8. The molecule has 1 fully saturated rings. The second-order valence-electron chi connectivity index (χ2n) is 13.2. The third kappa shape index (κ3) is 9.76. The van der Waals surface area contributed by atoms with Crippen LogP contribution in [0.25, 0.3) is 0 Å². The Morgan fingerprint density at radius 3 is 2.41 bits per heavy atom. The number of esters is 1. The van der Waals surface area contributed by atoms with Gasteiger partial charge in [-0.15, -0.1) is 4.36 Å². The van der Waals surface area contributed by atoms with E-state index in [0.717, 1.165) is 19.3 Å². The summed E-state index contributed by atoms with van der Waals surface area (Å²) in [6.07, 6.45) is 2.28. The Labute approximate surface area is 248 Å². The molecule has 0 bridgehead atoms. The van der Waals surface area contributed by atoms with Crippen molar-refractivity contribution < 1.29 is 32.4 Å². The van der Waals surface area contributed by atoms with Crippen LogP contribution in [0.15, 0.2) is 21.4 Å². The largest absolute Gasteiger partial charge is 0.474 e. The van der Waals surface area contributed by atoms with Crippen molar-refractivity contribution in [1.29, 1.82) is 0 Å². The predicted molar refractivity (Wildman–Crippen MR) is 163 cm³/mol. The average molecular weight is 614 g/mol. The number of aryl methyl sites for hydroxylation is 1. The molecule has 0 radical (unpaired) electrons. The van der Waals surface area contributed by atoms with Crippen molar-refractivity contribution in [2.45, 2.75) is 128 Å². The van der Waals surface area contributed by atoms with Gasteiger partial charge in [-0.2, -0.15) is 4.31 Å². The first kappa shape index (κ1) is 35.2. The number of amides is 1. The number of aromatic nitrogens is 1. The Hall–Kier alpha value is -2.02. The molecule has 0 N–H and O–H groups in total. The lowest BCUT2D eigenvalue weighted by Crippen LogP contribution is -2.41. The minimum absolute atomic E-state index is 0.128. The number of hydrogen-bond donors (Lipinski definition) is 0. The van der Waals surface area contributed by atoms with E-state index in [-0.39, 0.29) is 28.5 Å². The van der Waals surface area contributed by atoms with E-state index < -0.39 is 41.9 Å². The van der Waals surface area contributed by atoms with E-state index in [1.54, 1.807) is 39.8 Å². The molecule has 3 atom stereocenters. The Morgan fingerprint density at radius 1 is 1.17 bits per heavy atom. The first-order valence-corrected chi connectivity index (χ1v) is 18.8. The van der Waals surface area contributed by atoms with E-state index in [4.69, 9.17) is 18.6 Å². The van der Waals surface area contributed by atoms with Gasteiger partial charge < -0.3 is 18.6 Å². The van der Waals surface area contributed by atoms with Crippen LogP contribution in [0.2, 0.25) is 18.1 Å². The van der Waals surface area contributed by atoms with Crippen LogP contribution in [0.3, 0.4) is 0 Å². The van der Waals surface area contributed by atoms with Crippen LogP contribution in [0.5, 0.6) is 5.88 Å². The normalized spacial score (nSPS) is 18.9. The van der Waals surface area contributed by atoms with Crippen LogP contribution < -0.4 is 4.74 Å². The SMILES string of the molecule is COC(=O)[C@@H]1CCCN1[S@@](=O)(=NC(=O)OC(C)(C)C)c1ccc(C)nc1O[C@H](C)CCCCO[Si](C)(C)C(C)(C)C. The van der Waals surface area contributed by atoms with Gasteiger partial charge >= 0.3 is 12.1 Å². The minimum atomic E-state index is -3.69. The third-order valence-corrected chi connectivity index (χ3v) is 14.3. The summed E-state index contributed by atoms with van der Waals surface area (Å²) >= 11 is 0. The fourth-order valence-corrected chi connectivity index (χ4v) is 7.41. The number of unbranched alkanes of at least 4 members (excludes halogenated alkanes) is 1. The summed E-state index contributed by atoms with van der Waals surface area (Å²) in [5, 5.41) is 0.163. The van der Waals surface area contributed by atoms with Crippen molar-refractivity contribution in [2.75, 3.05) is 20.3 Å². The highest BCUT2D eigenvalue weighted by Gasteiger charge is 2.42. The fraction of sp³-hybridized carbons (Fsp3) is 0.759. The minimum Gasteiger partial charge on any atom is -0.474 e. The van der Waals surface area contributed by atoms with E-state index in [9.17, 15) is 13.8 Å². The molecule has 12 heteroatoms. The monoisotopic (exact) mass is 613 g/mol. The molecule has 1 saturated heterocycles. The number of pyridine rings is 1. The molecule has 0 saturated carbocycles. The van der Waals surface area contributed by atoms with Gasteiger partial charge in [0.15, 0.2) is 18.2 Å². The summed E-state index contributed by atoms with van der Waals surface area (Å²) in [7, 11) is -4.21. The maximum atomic E-state index is 14.8. The summed E-state index contributed by atoms with van der Waals surface area (Å²) in [6.45, 7) is 21.0. The van der Waals surface area contributed by atoms with Gasteiger partial charge in [-0.3, -0.25) is 4.79 Å². The van der Waals surface area contributed by atoms with E-state index in [1.807, 2.05) is 6.92 Å². The molecular weight excluding hydrogens is 562 g/mol. The molecule has 2 rings (SSSR count). The molecule has 0 aliphatic carbocycles. The molecule has 0 spiro atoms. The summed E-state index contributed by atoms with van der Waals surface area (Å²) in [6, 6.07) is 2.48. The summed E-state index contributed by atoms with van der Waals surface area (Å²) in [5.74, 6) is -0.409. The molecular formula is C29H51N3O7SSi. The number of carbonyl (C=O) groups excluding carboxylic acids is 2. The lowest BCUT2D eigenvalue weighted by molar-refractivity contribution is -0.144. The standard InChI is InChI=1S/C29H51N3O7SSi/c1-21-17-18-24(25(30-21)38-22(2)15-12-13-20-37-41(10,11)29(6,7)8)40(35,31-27(34)39-28(3,4)5)32-19-14-16-23(32)26(33)36-9/h17-18,22-23H,12-16,19-20H2,1-11H3/t22-,23+,40+/m1/s1. The van der Waals surface area contributed by atoms with Crippen LogP contribution in [0, 0.1) is 6.92 Å². The van der Waals surface area contributed by atoms with E-state index >= 15 is 0 Å². The molecule has 1 aliphatic rings. The van der Waals surface area contributed by atoms with Gasteiger partial charge in [-0.1, -0.05) is 20.8 Å². The van der Waals surface area contributed by atoms with Crippen LogP contribution in [0.1, 0.15) is 86.3 Å². The highest BCUT2D eigenvalue weighted by Crippen LogP contribution is 2.37. The predicted octanol–water partition coefficient (Wildman–Crippen LogP) is 6.66. The lowest BCUT2D eigenvalue weighted by Gasteiger charge is -2.36. The van der Waals surface area contributed by atoms with E-state index in [0.29, 0.717) is 25.1 Å². The molecule has 0 unspecified atom stereocenters. The second kappa shape index (κ2) is 14.0. The highest BCUT2D eigenvalue weighted by molar-refractivity contribution is 7.91. The fourth-order valence-electron chi connectivity index (χ4n) is 4.15. The van der Waals surface area contributed by atoms with Crippen molar-refractivity contribution in [3.8, 4) is 5.88 Å². The van der Waals surface area contributed by atoms with Gasteiger partial charge in [0.2, 0.25) is 5.88 Å². The molecule has 10 nitrogen and oxygen atoms in total. The molecule has 234 valence electrons. The first-order chi connectivity index (χ1) is 18.8. The molecule has 0 aromatic carbocycles. The zero-order valence-electron chi connectivity index (χ0n) is 26.9. The van der Waals surface area contributed by atoms with E-state index in [1.165, 1.54) is 11.4 Å². The zero-order valence-corrected chi connectivity index (χ0v) is 28.7. The summed E-state index contributed by atoms with van der Waals surface area (Å²) in [5.41, 5.74) is -0.190. The van der Waals surface area contributed by atoms with Gasteiger partial charge in [0.25, 0.3) is 0 Å². The Bertz CT molecular complexity index is 1180. The number of carbonyl (C=O) groups is 2. The first-order valence-electron chi connectivity index (χ1n) is 14.4. The zero-order chi connectivity index (χ0) is 31.2. The van der Waals surface area contributed by atoms with E-state index in [2.05, 4.69) is 43.2 Å².